The van der Waals surface area contributed by atoms with Crippen molar-refractivity contribution in [2.24, 2.45) is 0 Å². The van der Waals surface area contributed by atoms with Gasteiger partial charge in [0.15, 0.2) is 0 Å². The standard InChI is InChI=1S/C23H19N/c1-3-11-22(12-4-1)24(23-13-5-2-6-14-23)18-19-15-16-20-9-7-8-10-21(20)17-19/h1-17H,18H2. The van der Waals surface area contributed by atoms with E-state index in [1.807, 2.05) is 0 Å². The zero-order valence-electron chi connectivity index (χ0n) is 13.5. The molecule has 1 nitrogen and oxygen atoms in total. The van der Waals surface area contributed by atoms with E-state index >= 15 is 0 Å². The van der Waals surface area contributed by atoms with Crippen LogP contribution in [0.25, 0.3) is 10.8 Å². The predicted octanol–water partition coefficient (Wildman–Crippen LogP) is 6.18. The Labute approximate surface area is 142 Å². The third kappa shape index (κ3) is 3.02. The maximum absolute atomic E-state index is 2.35. The average Bonchev–Trinajstić information content (AvgIpc) is 2.67. The van der Waals surface area contributed by atoms with E-state index in [4.69, 9.17) is 0 Å². The van der Waals surface area contributed by atoms with Crippen LogP contribution in [0.2, 0.25) is 0 Å². The van der Waals surface area contributed by atoms with Gasteiger partial charge in [0.05, 0.1) is 0 Å². The summed E-state index contributed by atoms with van der Waals surface area (Å²) < 4.78 is 0. The van der Waals surface area contributed by atoms with Crippen molar-refractivity contribution in [1.29, 1.82) is 0 Å². The normalized spacial score (nSPS) is 10.7. The van der Waals surface area contributed by atoms with Crippen molar-refractivity contribution in [2.75, 3.05) is 4.90 Å². The summed E-state index contributed by atoms with van der Waals surface area (Å²) in [5.74, 6) is 0. The number of anilines is 2. The molecule has 0 aliphatic carbocycles. The summed E-state index contributed by atoms with van der Waals surface area (Å²) >= 11 is 0. The Morgan fingerprint density at radius 3 is 1.67 bits per heavy atom. The van der Waals surface area contributed by atoms with Crippen molar-refractivity contribution < 1.29 is 0 Å². The van der Waals surface area contributed by atoms with Crippen LogP contribution in [0.5, 0.6) is 0 Å². The highest BCUT2D eigenvalue weighted by Crippen LogP contribution is 2.28. The van der Waals surface area contributed by atoms with Crippen molar-refractivity contribution >= 4 is 22.1 Å². The van der Waals surface area contributed by atoms with Gasteiger partial charge in [0, 0.05) is 17.9 Å². The minimum absolute atomic E-state index is 0.846. The second kappa shape index (κ2) is 6.59. The summed E-state index contributed by atoms with van der Waals surface area (Å²) in [6, 6.07) is 36.3. The molecule has 0 unspecified atom stereocenters. The minimum Gasteiger partial charge on any atom is -0.337 e. The number of nitrogens with zero attached hydrogens (tertiary/aromatic N) is 1. The number of rotatable bonds is 4. The quantitative estimate of drug-likeness (QED) is 0.435. The van der Waals surface area contributed by atoms with Crippen LogP contribution >= 0.6 is 0 Å². The molecule has 116 valence electrons. The second-order valence-corrected chi connectivity index (χ2v) is 5.94. The zero-order valence-corrected chi connectivity index (χ0v) is 13.5. The first kappa shape index (κ1) is 14.5. The van der Waals surface area contributed by atoms with Crippen LogP contribution in [0.15, 0.2) is 103 Å². The molecule has 0 N–H and O–H groups in total. The SMILES string of the molecule is c1ccc(N(Cc2ccc3ccccc3c2)c2ccccc2)cc1. The molecule has 0 bridgehead atoms. The van der Waals surface area contributed by atoms with Gasteiger partial charge in [-0.3, -0.25) is 0 Å². The van der Waals surface area contributed by atoms with Crippen molar-refractivity contribution in [1.82, 2.24) is 0 Å². The summed E-state index contributed by atoms with van der Waals surface area (Å²) in [5.41, 5.74) is 3.72. The fraction of sp³-hybridized carbons (Fsp3) is 0.0435. The lowest BCUT2D eigenvalue weighted by Gasteiger charge is -2.25. The molecule has 0 radical (unpaired) electrons. The molecular formula is C23H19N. The number of para-hydroxylation sites is 2. The molecule has 0 saturated carbocycles. The van der Waals surface area contributed by atoms with Crippen LogP contribution < -0.4 is 4.90 Å². The predicted molar refractivity (Wildman–Crippen MR) is 103 cm³/mol. The highest BCUT2D eigenvalue weighted by Gasteiger charge is 2.10. The Bertz CT molecular complexity index is 890. The summed E-state index contributed by atoms with van der Waals surface area (Å²) in [5, 5.41) is 2.57. The Morgan fingerprint density at radius 2 is 1.04 bits per heavy atom. The van der Waals surface area contributed by atoms with Crippen LogP contribution in [0.3, 0.4) is 0 Å². The van der Waals surface area contributed by atoms with E-state index in [1.54, 1.807) is 0 Å². The second-order valence-electron chi connectivity index (χ2n) is 5.94. The maximum Gasteiger partial charge on any atom is 0.0481 e. The van der Waals surface area contributed by atoms with Crippen LogP contribution in [-0.4, -0.2) is 0 Å². The van der Waals surface area contributed by atoms with Gasteiger partial charge in [-0.15, -0.1) is 0 Å². The van der Waals surface area contributed by atoms with Crippen molar-refractivity contribution in [2.45, 2.75) is 6.54 Å². The molecule has 0 amide bonds. The Morgan fingerprint density at radius 1 is 0.500 bits per heavy atom. The van der Waals surface area contributed by atoms with E-state index in [-0.39, 0.29) is 0 Å². The topological polar surface area (TPSA) is 3.24 Å². The molecule has 1 heteroatoms. The van der Waals surface area contributed by atoms with Crippen LogP contribution in [0, 0.1) is 0 Å². The van der Waals surface area contributed by atoms with Crippen molar-refractivity contribution in [3.8, 4) is 0 Å². The molecule has 0 atom stereocenters. The van der Waals surface area contributed by atoms with Crippen LogP contribution in [-0.2, 0) is 6.54 Å². The molecule has 0 fully saturated rings. The lowest BCUT2D eigenvalue weighted by molar-refractivity contribution is 0.978. The van der Waals surface area contributed by atoms with Gasteiger partial charge in [-0.1, -0.05) is 72.8 Å². The maximum atomic E-state index is 2.35. The van der Waals surface area contributed by atoms with E-state index in [9.17, 15) is 0 Å². The Balaban J connectivity index is 1.73. The van der Waals surface area contributed by atoms with E-state index in [2.05, 4.69) is 108 Å². The number of fused-ring (bicyclic) bond motifs is 1. The summed E-state index contributed by atoms with van der Waals surface area (Å²) in [6.07, 6.45) is 0. The van der Waals surface area contributed by atoms with E-state index in [0.29, 0.717) is 0 Å². The first-order chi connectivity index (χ1) is 11.9. The molecule has 0 spiro atoms. The third-order valence-corrected chi connectivity index (χ3v) is 4.29. The van der Waals surface area contributed by atoms with Gasteiger partial charge < -0.3 is 4.90 Å². The minimum atomic E-state index is 0.846. The summed E-state index contributed by atoms with van der Waals surface area (Å²) in [4.78, 5) is 2.35. The fourth-order valence-electron chi connectivity index (χ4n) is 3.07. The third-order valence-electron chi connectivity index (χ3n) is 4.29. The first-order valence-electron chi connectivity index (χ1n) is 8.25. The van der Waals surface area contributed by atoms with Crippen LogP contribution in [0.1, 0.15) is 5.56 Å². The molecule has 4 aromatic carbocycles. The molecule has 4 rings (SSSR count). The molecule has 0 aliphatic heterocycles. The van der Waals surface area contributed by atoms with E-state index in [1.165, 1.54) is 27.7 Å². The Kier molecular flexibility index (Phi) is 3.99. The fourth-order valence-corrected chi connectivity index (χ4v) is 3.07. The van der Waals surface area contributed by atoms with Gasteiger partial charge in [-0.25, -0.2) is 0 Å². The lowest BCUT2D eigenvalue weighted by Crippen LogP contribution is -2.16. The molecule has 0 aliphatic rings. The molecule has 0 heterocycles. The van der Waals surface area contributed by atoms with Crippen molar-refractivity contribution in [3.05, 3.63) is 109 Å². The molecule has 4 aromatic rings. The Hall–Kier alpha value is -3.06. The van der Waals surface area contributed by atoms with Gasteiger partial charge in [0.25, 0.3) is 0 Å². The zero-order chi connectivity index (χ0) is 16.2. The van der Waals surface area contributed by atoms with Gasteiger partial charge >= 0.3 is 0 Å². The van der Waals surface area contributed by atoms with E-state index < -0.39 is 0 Å². The smallest absolute Gasteiger partial charge is 0.0481 e. The summed E-state index contributed by atoms with van der Waals surface area (Å²) in [7, 11) is 0. The monoisotopic (exact) mass is 309 g/mol. The van der Waals surface area contributed by atoms with Gasteiger partial charge in [0.2, 0.25) is 0 Å². The molecule has 0 saturated heterocycles. The highest BCUT2D eigenvalue weighted by molar-refractivity contribution is 5.83. The molecule has 0 aromatic heterocycles. The van der Waals surface area contributed by atoms with Gasteiger partial charge in [-0.05, 0) is 46.7 Å². The number of hydrogen-bond acceptors (Lipinski definition) is 1. The van der Waals surface area contributed by atoms with Gasteiger partial charge in [-0.2, -0.15) is 0 Å². The number of benzene rings is 4. The van der Waals surface area contributed by atoms with Crippen LogP contribution in [0.4, 0.5) is 11.4 Å². The summed E-state index contributed by atoms with van der Waals surface area (Å²) in [6.45, 7) is 0.846. The van der Waals surface area contributed by atoms with Gasteiger partial charge in [0.1, 0.15) is 0 Å². The first-order valence-corrected chi connectivity index (χ1v) is 8.25. The number of hydrogen-bond donors (Lipinski definition) is 0. The lowest BCUT2D eigenvalue weighted by atomic mass is 10.1. The highest BCUT2D eigenvalue weighted by atomic mass is 15.1. The largest absolute Gasteiger partial charge is 0.337 e. The molecule has 24 heavy (non-hydrogen) atoms. The average molecular weight is 309 g/mol. The molecular weight excluding hydrogens is 290 g/mol. The van der Waals surface area contributed by atoms with Crippen molar-refractivity contribution in [3.63, 3.8) is 0 Å². The van der Waals surface area contributed by atoms with E-state index in [0.717, 1.165) is 6.54 Å².